The summed E-state index contributed by atoms with van der Waals surface area (Å²) in [4.78, 5) is 3.70. The summed E-state index contributed by atoms with van der Waals surface area (Å²) in [6.45, 7) is 0. The zero-order chi connectivity index (χ0) is 11.8. The lowest BCUT2D eigenvalue weighted by Gasteiger charge is -2.02. The Hall–Kier alpha value is -1.69. The number of nitrogens with zero attached hydrogens (tertiary/aromatic N) is 1. The molecule has 0 amide bonds. The Balaban J connectivity index is 2.65. The second-order valence-corrected chi connectivity index (χ2v) is 4.44. The number of halogens is 1. The molecule has 1 heterocycles. The minimum atomic E-state index is -4.75. The van der Waals surface area contributed by atoms with E-state index in [2.05, 4.69) is 4.98 Å². The summed E-state index contributed by atoms with van der Waals surface area (Å²) in [5, 5.41) is 0.108. The van der Waals surface area contributed by atoms with Gasteiger partial charge in [0.2, 0.25) is 0 Å². The highest BCUT2D eigenvalue weighted by Crippen LogP contribution is 2.21. The van der Waals surface area contributed by atoms with Gasteiger partial charge in [-0.15, -0.1) is 0 Å². The van der Waals surface area contributed by atoms with Crippen LogP contribution in [0.3, 0.4) is 0 Å². The Morgan fingerprint density at radius 1 is 1.25 bits per heavy atom. The van der Waals surface area contributed by atoms with Crippen molar-refractivity contribution in [2.45, 2.75) is 5.03 Å². The minimum absolute atomic E-state index is 0.402. The van der Waals surface area contributed by atoms with Gasteiger partial charge in [0.15, 0.2) is 5.03 Å². The molecule has 2 aromatic rings. The van der Waals surface area contributed by atoms with Crippen molar-refractivity contribution in [1.82, 2.24) is 4.98 Å². The van der Waals surface area contributed by atoms with Gasteiger partial charge in [0.05, 0.1) is 12.6 Å². The van der Waals surface area contributed by atoms with Crippen molar-refractivity contribution in [2.75, 3.05) is 7.11 Å². The van der Waals surface area contributed by atoms with Crippen molar-refractivity contribution < 1.29 is 17.0 Å². The van der Waals surface area contributed by atoms with Gasteiger partial charge in [-0.2, -0.15) is 8.42 Å². The molecule has 1 aromatic heterocycles. The van der Waals surface area contributed by atoms with Crippen LogP contribution in [0.5, 0.6) is 5.75 Å². The summed E-state index contributed by atoms with van der Waals surface area (Å²) in [5.41, 5.74) is 0.402. The van der Waals surface area contributed by atoms with Crippen LogP contribution >= 0.6 is 0 Å². The van der Waals surface area contributed by atoms with Crippen molar-refractivity contribution in [1.29, 1.82) is 0 Å². The van der Waals surface area contributed by atoms with E-state index in [-0.39, 0.29) is 0 Å². The number of methoxy groups -OCH3 is 1. The van der Waals surface area contributed by atoms with Crippen LogP contribution in [0.15, 0.2) is 35.4 Å². The number of ether oxygens (including phenoxy) is 1. The molecule has 0 fully saturated rings. The molecule has 0 aliphatic carbocycles. The van der Waals surface area contributed by atoms with Gasteiger partial charge < -0.3 is 4.74 Å². The Morgan fingerprint density at radius 3 is 2.62 bits per heavy atom. The van der Waals surface area contributed by atoms with E-state index >= 15 is 0 Å². The van der Waals surface area contributed by atoms with Gasteiger partial charge in [0, 0.05) is 5.39 Å². The summed E-state index contributed by atoms with van der Waals surface area (Å²) in [5.74, 6) is 0.630. The quantitative estimate of drug-likeness (QED) is 0.753. The van der Waals surface area contributed by atoms with Gasteiger partial charge in [0.1, 0.15) is 5.75 Å². The van der Waals surface area contributed by atoms with Crippen molar-refractivity contribution in [2.24, 2.45) is 0 Å². The number of aromatic nitrogens is 1. The van der Waals surface area contributed by atoms with E-state index in [4.69, 9.17) is 4.74 Å². The lowest BCUT2D eigenvalue weighted by atomic mass is 10.2. The molecule has 2 rings (SSSR count). The average Bonchev–Trinajstić information content (AvgIpc) is 2.26. The van der Waals surface area contributed by atoms with Gasteiger partial charge in [0.25, 0.3) is 0 Å². The summed E-state index contributed by atoms with van der Waals surface area (Å²) in [6, 6.07) is 7.50. The molecule has 6 heteroatoms. The van der Waals surface area contributed by atoms with Crippen molar-refractivity contribution in [3.05, 3.63) is 30.3 Å². The maximum Gasteiger partial charge on any atom is 0.349 e. The van der Waals surface area contributed by atoms with Gasteiger partial charge in [-0.3, -0.25) is 0 Å². The molecular formula is C10H8FNO3S. The normalized spacial score (nSPS) is 11.6. The molecule has 0 radical (unpaired) electrons. The Bertz CT molecular complexity index is 640. The molecule has 0 aliphatic heterocycles. The number of benzene rings is 1. The molecule has 16 heavy (non-hydrogen) atoms. The van der Waals surface area contributed by atoms with Gasteiger partial charge >= 0.3 is 10.2 Å². The van der Waals surface area contributed by atoms with E-state index in [1.807, 2.05) is 0 Å². The zero-order valence-corrected chi connectivity index (χ0v) is 9.16. The molecule has 0 aliphatic rings. The van der Waals surface area contributed by atoms with Crippen LogP contribution in [-0.4, -0.2) is 20.5 Å². The highest BCUT2D eigenvalue weighted by atomic mass is 32.3. The fourth-order valence-corrected chi connectivity index (χ4v) is 1.79. The van der Waals surface area contributed by atoms with Crippen LogP contribution in [0.25, 0.3) is 10.9 Å². The molecule has 0 saturated heterocycles. The Kier molecular flexibility index (Phi) is 2.51. The lowest BCUT2D eigenvalue weighted by Crippen LogP contribution is -1.96. The van der Waals surface area contributed by atoms with Gasteiger partial charge in [-0.25, -0.2) is 4.98 Å². The number of fused-ring (bicyclic) bond motifs is 1. The topological polar surface area (TPSA) is 56.3 Å². The first-order valence-corrected chi connectivity index (χ1v) is 5.78. The molecule has 1 aromatic carbocycles. The van der Waals surface area contributed by atoms with Crippen LogP contribution in [0.4, 0.5) is 3.89 Å². The Morgan fingerprint density at radius 2 is 2.00 bits per heavy atom. The first-order valence-electron chi connectivity index (χ1n) is 4.40. The third kappa shape index (κ3) is 1.96. The number of rotatable bonds is 2. The molecule has 0 unspecified atom stereocenters. The first-order chi connectivity index (χ1) is 7.50. The Labute approximate surface area is 91.9 Å². The summed E-state index contributed by atoms with van der Waals surface area (Å²) >= 11 is 0. The summed E-state index contributed by atoms with van der Waals surface area (Å²) in [6.07, 6.45) is 0. The van der Waals surface area contributed by atoms with E-state index in [1.165, 1.54) is 13.2 Å². The molecular weight excluding hydrogens is 233 g/mol. The molecule has 0 bridgehead atoms. The fourth-order valence-electron chi connectivity index (χ4n) is 1.35. The van der Waals surface area contributed by atoms with Crippen molar-refractivity contribution in [3.8, 4) is 5.75 Å². The molecule has 0 N–H and O–H groups in total. The van der Waals surface area contributed by atoms with E-state index in [0.717, 1.165) is 6.07 Å². The number of pyridine rings is 1. The van der Waals surface area contributed by atoms with Crippen LogP contribution in [0.2, 0.25) is 0 Å². The van der Waals surface area contributed by atoms with Crippen LogP contribution < -0.4 is 4.74 Å². The highest BCUT2D eigenvalue weighted by Gasteiger charge is 2.13. The van der Waals surface area contributed by atoms with Gasteiger partial charge in [-0.05, 0) is 30.3 Å². The largest absolute Gasteiger partial charge is 0.497 e. The maximum atomic E-state index is 12.7. The predicted octanol–water partition coefficient (Wildman–Crippen LogP) is 1.90. The third-order valence-corrected chi connectivity index (χ3v) is 2.85. The van der Waals surface area contributed by atoms with Crippen LogP contribution in [0.1, 0.15) is 0 Å². The van der Waals surface area contributed by atoms with E-state index in [1.54, 1.807) is 18.2 Å². The van der Waals surface area contributed by atoms with Crippen molar-refractivity contribution in [3.63, 3.8) is 0 Å². The third-order valence-electron chi connectivity index (χ3n) is 2.12. The maximum absolute atomic E-state index is 12.7. The molecule has 0 saturated carbocycles. The molecule has 0 atom stereocenters. The van der Waals surface area contributed by atoms with Gasteiger partial charge in [-0.1, -0.05) is 3.89 Å². The molecule has 4 nitrogen and oxygen atoms in total. The number of hydrogen-bond acceptors (Lipinski definition) is 4. The van der Waals surface area contributed by atoms with Crippen LogP contribution in [-0.2, 0) is 10.2 Å². The summed E-state index contributed by atoms with van der Waals surface area (Å²) in [7, 11) is -3.23. The summed E-state index contributed by atoms with van der Waals surface area (Å²) < 4.78 is 39.0. The monoisotopic (exact) mass is 241 g/mol. The minimum Gasteiger partial charge on any atom is -0.497 e. The average molecular weight is 241 g/mol. The standard InChI is InChI=1S/C10H8FNO3S/c1-15-8-3-4-9-7(6-8)2-5-10(12-9)16(11,13)14/h2-6H,1H3. The smallest absolute Gasteiger partial charge is 0.349 e. The fraction of sp³-hybridized carbons (Fsp3) is 0.100. The van der Waals surface area contributed by atoms with Crippen LogP contribution in [0, 0.1) is 0 Å². The number of hydrogen-bond donors (Lipinski definition) is 0. The molecule has 0 spiro atoms. The highest BCUT2D eigenvalue weighted by molar-refractivity contribution is 7.86. The van der Waals surface area contributed by atoms with E-state index in [9.17, 15) is 12.3 Å². The predicted molar refractivity (Wildman–Crippen MR) is 56.6 cm³/mol. The van der Waals surface area contributed by atoms with Crippen molar-refractivity contribution >= 4 is 21.1 Å². The SMILES string of the molecule is COc1ccc2nc(S(=O)(=O)F)ccc2c1. The zero-order valence-electron chi connectivity index (χ0n) is 8.34. The second-order valence-electron chi connectivity index (χ2n) is 3.15. The second kappa shape index (κ2) is 3.71. The first kappa shape index (κ1) is 10.8. The van der Waals surface area contributed by atoms with E-state index < -0.39 is 15.2 Å². The van der Waals surface area contributed by atoms with E-state index in [0.29, 0.717) is 16.7 Å². The molecule has 84 valence electrons. The lowest BCUT2D eigenvalue weighted by molar-refractivity contribution is 0.415.